The Morgan fingerprint density at radius 3 is 2.89 bits per heavy atom. The van der Waals surface area contributed by atoms with Crippen LogP contribution in [-0.2, 0) is 11.2 Å². The number of nitrogens with zero attached hydrogens (tertiary/aromatic N) is 1. The quantitative estimate of drug-likeness (QED) is 0.866. The molecule has 1 aromatic carbocycles. The van der Waals surface area contributed by atoms with Gasteiger partial charge in [0.15, 0.2) is 0 Å². The molecule has 0 bridgehead atoms. The maximum atomic E-state index is 11.1. The van der Waals surface area contributed by atoms with Gasteiger partial charge >= 0.3 is 6.09 Å². The van der Waals surface area contributed by atoms with Crippen LogP contribution in [0.2, 0.25) is 0 Å². The van der Waals surface area contributed by atoms with Gasteiger partial charge in [0.25, 0.3) is 0 Å². The van der Waals surface area contributed by atoms with Crippen molar-refractivity contribution in [1.82, 2.24) is 15.3 Å². The average Bonchev–Trinajstić information content (AvgIpc) is 2.89. The van der Waals surface area contributed by atoms with Gasteiger partial charge in [0, 0.05) is 30.4 Å². The van der Waals surface area contributed by atoms with E-state index in [1.165, 1.54) is 0 Å². The molecule has 2 rings (SSSR count). The Morgan fingerprint density at radius 2 is 2.16 bits per heavy atom. The fraction of sp³-hybridized carbons (Fsp3) is 0.286. The second-order valence-corrected chi connectivity index (χ2v) is 4.02. The van der Waals surface area contributed by atoms with Gasteiger partial charge in [0.2, 0.25) is 0 Å². The van der Waals surface area contributed by atoms with Gasteiger partial charge in [0.1, 0.15) is 5.82 Å². The summed E-state index contributed by atoms with van der Waals surface area (Å²) in [7, 11) is 0. The molecule has 5 heteroatoms. The lowest BCUT2D eigenvalue weighted by Gasteiger charge is -2.03. The predicted octanol–water partition coefficient (Wildman–Crippen LogP) is 2.37. The number of ether oxygens (including phenoxy) is 1. The minimum absolute atomic E-state index is 0.383. The van der Waals surface area contributed by atoms with Crippen LogP contribution in [0.25, 0.3) is 11.4 Å². The third-order valence-corrected chi connectivity index (χ3v) is 2.61. The first kappa shape index (κ1) is 13.1. The van der Waals surface area contributed by atoms with Gasteiger partial charge in [-0.3, -0.25) is 0 Å². The lowest BCUT2D eigenvalue weighted by atomic mass is 10.2. The zero-order chi connectivity index (χ0) is 13.5. The number of benzene rings is 1. The summed E-state index contributed by atoms with van der Waals surface area (Å²) in [4.78, 5) is 18.7. The summed E-state index contributed by atoms with van der Waals surface area (Å²) in [6.45, 7) is 2.68. The van der Waals surface area contributed by atoms with Crippen LogP contribution in [-0.4, -0.2) is 29.2 Å². The Balaban J connectivity index is 1.86. The number of aromatic nitrogens is 2. The van der Waals surface area contributed by atoms with Crippen LogP contribution in [0.5, 0.6) is 0 Å². The van der Waals surface area contributed by atoms with Crippen molar-refractivity contribution >= 4 is 6.09 Å². The molecule has 0 saturated heterocycles. The van der Waals surface area contributed by atoms with Crippen molar-refractivity contribution < 1.29 is 9.53 Å². The highest BCUT2D eigenvalue weighted by Gasteiger charge is 2.04. The average molecular weight is 259 g/mol. The van der Waals surface area contributed by atoms with Crippen molar-refractivity contribution in [2.24, 2.45) is 0 Å². The molecule has 0 spiro atoms. The topological polar surface area (TPSA) is 67.0 Å². The van der Waals surface area contributed by atoms with E-state index in [1.807, 2.05) is 30.3 Å². The molecule has 0 aliphatic carbocycles. The number of carbonyl (C=O) groups is 1. The third-order valence-electron chi connectivity index (χ3n) is 2.61. The number of alkyl carbamates (subject to hydrolysis) is 1. The first-order chi connectivity index (χ1) is 9.29. The molecule has 1 aromatic heterocycles. The highest BCUT2D eigenvalue weighted by molar-refractivity contribution is 5.67. The zero-order valence-corrected chi connectivity index (χ0v) is 10.8. The Hall–Kier alpha value is -2.30. The van der Waals surface area contributed by atoms with Gasteiger partial charge < -0.3 is 15.0 Å². The van der Waals surface area contributed by atoms with Crippen LogP contribution in [0, 0.1) is 0 Å². The number of hydrogen-bond donors (Lipinski definition) is 2. The number of imidazole rings is 1. The van der Waals surface area contributed by atoms with Gasteiger partial charge in [0.05, 0.1) is 6.61 Å². The SMILES string of the molecule is CCOC(=O)NCCc1cnc(-c2ccccc2)[nH]1. The molecular weight excluding hydrogens is 242 g/mol. The molecule has 2 N–H and O–H groups in total. The second-order valence-electron chi connectivity index (χ2n) is 4.02. The van der Waals surface area contributed by atoms with Crippen LogP contribution < -0.4 is 5.32 Å². The number of hydrogen-bond acceptors (Lipinski definition) is 3. The van der Waals surface area contributed by atoms with Crippen LogP contribution in [0.1, 0.15) is 12.6 Å². The molecular formula is C14H17N3O2. The summed E-state index contributed by atoms with van der Waals surface area (Å²) in [6.07, 6.45) is 2.10. The number of aromatic amines is 1. The maximum Gasteiger partial charge on any atom is 0.407 e. The van der Waals surface area contributed by atoms with Crippen molar-refractivity contribution in [1.29, 1.82) is 0 Å². The van der Waals surface area contributed by atoms with E-state index in [9.17, 15) is 4.79 Å². The minimum atomic E-state index is -0.384. The Kier molecular flexibility index (Phi) is 4.55. The van der Waals surface area contributed by atoms with Crippen molar-refractivity contribution in [3.05, 3.63) is 42.2 Å². The number of carbonyl (C=O) groups excluding carboxylic acids is 1. The van der Waals surface area contributed by atoms with Crippen LogP contribution in [0.15, 0.2) is 36.5 Å². The number of rotatable bonds is 5. The summed E-state index contributed by atoms with van der Waals surface area (Å²) in [5, 5.41) is 2.67. The Morgan fingerprint density at radius 1 is 1.37 bits per heavy atom. The summed E-state index contributed by atoms with van der Waals surface area (Å²) in [5.41, 5.74) is 2.03. The number of nitrogens with one attached hydrogen (secondary N) is 2. The van der Waals surface area contributed by atoms with E-state index in [4.69, 9.17) is 4.74 Å². The Labute approximate surface area is 112 Å². The van der Waals surface area contributed by atoms with Gasteiger partial charge in [-0.05, 0) is 6.92 Å². The van der Waals surface area contributed by atoms with Crippen molar-refractivity contribution in [3.8, 4) is 11.4 Å². The lowest BCUT2D eigenvalue weighted by Crippen LogP contribution is -2.26. The van der Waals surface area contributed by atoms with E-state index in [1.54, 1.807) is 13.1 Å². The first-order valence-electron chi connectivity index (χ1n) is 6.29. The van der Waals surface area contributed by atoms with Crippen LogP contribution in [0.3, 0.4) is 0 Å². The molecule has 100 valence electrons. The highest BCUT2D eigenvalue weighted by Crippen LogP contribution is 2.14. The molecule has 5 nitrogen and oxygen atoms in total. The van der Waals surface area contributed by atoms with Gasteiger partial charge in [-0.1, -0.05) is 30.3 Å². The summed E-state index contributed by atoms with van der Waals surface area (Å²) in [6, 6.07) is 9.91. The molecule has 0 radical (unpaired) electrons. The fourth-order valence-corrected chi connectivity index (χ4v) is 1.71. The third kappa shape index (κ3) is 3.84. The van der Waals surface area contributed by atoms with E-state index in [2.05, 4.69) is 15.3 Å². The molecule has 0 unspecified atom stereocenters. The molecule has 1 heterocycles. The van der Waals surface area contributed by atoms with E-state index in [-0.39, 0.29) is 6.09 Å². The molecule has 0 saturated carbocycles. The van der Waals surface area contributed by atoms with Crippen LogP contribution in [0.4, 0.5) is 4.79 Å². The monoisotopic (exact) mass is 259 g/mol. The molecule has 0 aliphatic heterocycles. The summed E-state index contributed by atoms with van der Waals surface area (Å²) < 4.78 is 4.78. The largest absolute Gasteiger partial charge is 0.450 e. The first-order valence-corrected chi connectivity index (χ1v) is 6.29. The molecule has 0 atom stereocenters. The Bertz CT molecular complexity index is 522. The molecule has 0 fully saturated rings. The second kappa shape index (κ2) is 6.58. The van der Waals surface area contributed by atoms with E-state index < -0.39 is 0 Å². The number of H-pyrrole nitrogens is 1. The van der Waals surface area contributed by atoms with Crippen molar-refractivity contribution in [3.63, 3.8) is 0 Å². The summed E-state index contributed by atoms with van der Waals surface area (Å²) in [5.74, 6) is 0.840. The molecule has 19 heavy (non-hydrogen) atoms. The van der Waals surface area contributed by atoms with Gasteiger partial charge in [-0.2, -0.15) is 0 Å². The molecule has 1 amide bonds. The van der Waals surface area contributed by atoms with Gasteiger partial charge in [-0.25, -0.2) is 9.78 Å². The lowest BCUT2D eigenvalue weighted by molar-refractivity contribution is 0.152. The van der Waals surface area contributed by atoms with E-state index in [0.717, 1.165) is 17.1 Å². The normalized spacial score (nSPS) is 10.2. The zero-order valence-electron chi connectivity index (χ0n) is 10.8. The number of amides is 1. The van der Waals surface area contributed by atoms with Crippen molar-refractivity contribution in [2.45, 2.75) is 13.3 Å². The molecule has 0 aliphatic rings. The standard InChI is InChI=1S/C14H17N3O2/c1-2-19-14(18)15-9-8-12-10-16-13(17-12)11-6-4-3-5-7-11/h3-7,10H,2,8-9H2,1H3,(H,15,18)(H,16,17). The molecule has 2 aromatic rings. The predicted molar refractivity (Wildman–Crippen MR) is 72.8 cm³/mol. The van der Waals surface area contributed by atoms with Crippen LogP contribution >= 0.6 is 0 Å². The van der Waals surface area contributed by atoms with E-state index >= 15 is 0 Å². The fourth-order valence-electron chi connectivity index (χ4n) is 1.71. The van der Waals surface area contributed by atoms with Gasteiger partial charge in [-0.15, -0.1) is 0 Å². The smallest absolute Gasteiger partial charge is 0.407 e. The highest BCUT2D eigenvalue weighted by atomic mass is 16.5. The summed E-state index contributed by atoms with van der Waals surface area (Å²) >= 11 is 0. The maximum absolute atomic E-state index is 11.1. The van der Waals surface area contributed by atoms with Crippen molar-refractivity contribution in [2.75, 3.05) is 13.2 Å². The van der Waals surface area contributed by atoms with E-state index in [0.29, 0.717) is 19.6 Å². The minimum Gasteiger partial charge on any atom is -0.450 e.